The molecule has 18 heavy (non-hydrogen) atoms. The molecule has 0 unspecified atom stereocenters. The number of halogens is 3. The van der Waals surface area contributed by atoms with Crippen molar-refractivity contribution in [1.29, 1.82) is 0 Å². The molecule has 1 aromatic carbocycles. The van der Waals surface area contributed by atoms with Crippen LogP contribution in [-0.4, -0.2) is 17.0 Å². The summed E-state index contributed by atoms with van der Waals surface area (Å²) < 4.78 is 36.0. The Kier molecular flexibility index (Phi) is 4.47. The van der Waals surface area contributed by atoms with Gasteiger partial charge in [0.1, 0.15) is 0 Å². The van der Waals surface area contributed by atoms with E-state index in [0.29, 0.717) is 0 Å². The highest BCUT2D eigenvalue weighted by molar-refractivity contribution is 6.00. The van der Waals surface area contributed by atoms with E-state index in [1.54, 1.807) is 0 Å². The molecule has 4 nitrogen and oxygen atoms in total. The van der Waals surface area contributed by atoms with Gasteiger partial charge in [-0.25, -0.2) is 9.18 Å². The maximum absolute atomic E-state index is 12.5. The van der Waals surface area contributed by atoms with Gasteiger partial charge in [0.25, 0.3) is 0 Å². The molecular weight excluding hydrogens is 251 g/mol. The van der Waals surface area contributed by atoms with E-state index in [1.165, 1.54) is 24.3 Å². The van der Waals surface area contributed by atoms with Crippen molar-refractivity contribution in [1.82, 2.24) is 0 Å². The molecule has 0 radical (unpaired) electrons. The number of amides is 1. The lowest BCUT2D eigenvalue weighted by atomic mass is 10.2. The molecule has 0 bridgehead atoms. The molecule has 0 fully saturated rings. The minimum absolute atomic E-state index is 0.0814. The summed E-state index contributed by atoms with van der Waals surface area (Å²) in [6, 6.07) is 5.37. The molecule has 0 heterocycles. The number of aromatic carboxylic acids is 1. The molecule has 0 aromatic heterocycles. The molecule has 7 heteroatoms. The van der Waals surface area contributed by atoms with Gasteiger partial charge in [0.15, 0.2) is 5.83 Å². The molecule has 1 amide bonds. The lowest BCUT2D eigenvalue weighted by Crippen LogP contribution is -2.14. The maximum atomic E-state index is 12.5. The topological polar surface area (TPSA) is 66.4 Å². The van der Waals surface area contributed by atoms with E-state index in [1.807, 2.05) is 0 Å². The van der Waals surface area contributed by atoms with E-state index < -0.39 is 30.2 Å². The van der Waals surface area contributed by atoms with Gasteiger partial charge in [-0.05, 0) is 12.1 Å². The van der Waals surface area contributed by atoms with Gasteiger partial charge in [-0.3, -0.25) is 4.79 Å². The molecular formula is C11H8F3NO3. The number of rotatable bonds is 4. The number of benzene rings is 1. The lowest BCUT2D eigenvalue weighted by molar-refractivity contribution is -0.115. The zero-order valence-corrected chi connectivity index (χ0v) is 8.91. The van der Waals surface area contributed by atoms with Crippen molar-refractivity contribution in [2.45, 2.75) is 6.42 Å². The number of hydrogen-bond acceptors (Lipinski definition) is 2. The second-order valence-corrected chi connectivity index (χ2v) is 3.24. The lowest BCUT2D eigenvalue weighted by Gasteiger charge is -2.07. The normalized spacial score (nSPS) is 9.72. The van der Waals surface area contributed by atoms with Crippen molar-refractivity contribution < 1.29 is 27.9 Å². The molecule has 1 aromatic rings. The van der Waals surface area contributed by atoms with Gasteiger partial charge in [-0.2, -0.15) is 8.78 Å². The van der Waals surface area contributed by atoms with Crippen molar-refractivity contribution in [2.24, 2.45) is 0 Å². The van der Waals surface area contributed by atoms with Gasteiger partial charge in [-0.1, -0.05) is 12.1 Å². The van der Waals surface area contributed by atoms with E-state index in [0.717, 1.165) is 0 Å². The van der Waals surface area contributed by atoms with E-state index in [2.05, 4.69) is 5.32 Å². The number of carboxylic acids is 1. The number of para-hydroxylation sites is 1. The Balaban J connectivity index is 2.83. The fraction of sp³-hybridized carbons (Fsp3) is 0.0909. The Hall–Kier alpha value is -2.31. The van der Waals surface area contributed by atoms with Crippen LogP contribution >= 0.6 is 0 Å². The van der Waals surface area contributed by atoms with Crippen LogP contribution in [0.4, 0.5) is 18.9 Å². The molecule has 0 aliphatic heterocycles. The molecule has 1 rings (SSSR count). The first kappa shape index (κ1) is 13.8. The van der Waals surface area contributed by atoms with Crippen molar-refractivity contribution in [3.63, 3.8) is 0 Å². The fourth-order valence-corrected chi connectivity index (χ4v) is 1.18. The maximum Gasteiger partial charge on any atom is 0.337 e. The summed E-state index contributed by atoms with van der Waals surface area (Å²) in [4.78, 5) is 22.0. The van der Waals surface area contributed by atoms with Gasteiger partial charge >= 0.3 is 12.0 Å². The number of carboxylic acid groups (broad SMARTS) is 1. The van der Waals surface area contributed by atoms with Gasteiger partial charge in [-0.15, -0.1) is 0 Å². The molecule has 96 valence electrons. The summed E-state index contributed by atoms with van der Waals surface area (Å²) in [6.07, 6.45) is -3.72. The predicted octanol–water partition coefficient (Wildman–Crippen LogP) is 2.79. The highest BCUT2D eigenvalue weighted by Gasteiger charge is 2.15. The predicted molar refractivity (Wildman–Crippen MR) is 57.0 cm³/mol. The Labute approximate surface area is 99.7 Å². The second kappa shape index (κ2) is 5.85. The molecule has 0 saturated carbocycles. The van der Waals surface area contributed by atoms with Crippen molar-refractivity contribution in [2.75, 3.05) is 5.32 Å². The largest absolute Gasteiger partial charge is 0.478 e. The van der Waals surface area contributed by atoms with Gasteiger partial charge in [0, 0.05) is 0 Å². The smallest absolute Gasteiger partial charge is 0.337 e. The summed E-state index contributed by atoms with van der Waals surface area (Å²) in [5.74, 6) is -4.20. The van der Waals surface area contributed by atoms with Crippen molar-refractivity contribution >= 4 is 17.6 Å². The standard InChI is InChI=1S/C11H8F3NO3/c12-7(10(13)14)5-9(16)15-8-4-2-1-3-6(8)11(17)18/h1-4H,5H2,(H,15,16)(H,17,18). The van der Waals surface area contributed by atoms with Crippen molar-refractivity contribution in [3.8, 4) is 0 Å². The summed E-state index contributed by atoms with van der Waals surface area (Å²) in [5, 5.41) is 10.8. The van der Waals surface area contributed by atoms with Crippen LogP contribution in [0.15, 0.2) is 36.2 Å². The second-order valence-electron chi connectivity index (χ2n) is 3.24. The Morgan fingerprint density at radius 3 is 2.33 bits per heavy atom. The molecule has 0 saturated heterocycles. The molecule has 2 N–H and O–H groups in total. The van der Waals surface area contributed by atoms with Gasteiger partial charge in [0.2, 0.25) is 5.91 Å². The first-order valence-electron chi connectivity index (χ1n) is 4.73. The van der Waals surface area contributed by atoms with Crippen LogP contribution < -0.4 is 5.32 Å². The third-order valence-electron chi connectivity index (χ3n) is 1.95. The fourth-order valence-electron chi connectivity index (χ4n) is 1.18. The van der Waals surface area contributed by atoms with Crippen LogP contribution in [0.25, 0.3) is 0 Å². The Bertz CT molecular complexity index is 510. The molecule has 0 aliphatic carbocycles. The zero-order valence-electron chi connectivity index (χ0n) is 8.91. The van der Waals surface area contributed by atoms with Gasteiger partial charge in [0.05, 0.1) is 17.7 Å². The Morgan fingerprint density at radius 1 is 1.17 bits per heavy atom. The monoisotopic (exact) mass is 259 g/mol. The zero-order chi connectivity index (χ0) is 13.7. The summed E-state index contributed by atoms with van der Waals surface area (Å²) >= 11 is 0. The van der Waals surface area contributed by atoms with Crippen LogP contribution in [0.5, 0.6) is 0 Å². The summed E-state index contributed by atoms with van der Waals surface area (Å²) in [7, 11) is 0. The summed E-state index contributed by atoms with van der Waals surface area (Å²) in [5.41, 5.74) is -0.293. The number of carbonyl (C=O) groups is 2. The van der Waals surface area contributed by atoms with E-state index in [-0.39, 0.29) is 11.3 Å². The minimum atomic E-state index is -2.57. The van der Waals surface area contributed by atoms with Crippen LogP contribution in [0.3, 0.4) is 0 Å². The van der Waals surface area contributed by atoms with E-state index in [9.17, 15) is 22.8 Å². The molecule has 0 aliphatic rings. The third kappa shape index (κ3) is 3.62. The number of nitrogens with one attached hydrogen (secondary N) is 1. The first-order chi connectivity index (χ1) is 8.41. The highest BCUT2D eigenvalue weighted by Crippen LogP contribution is 2.18. The van der Waals surface area contributed by atoms with Crippen LogP contribution in [0.2, 0.25) is 0 Å². The third-order valence-corrected chi connectivity index (χ3v) is 1.95. The van der Waals surface area contributed by atoms with Crippen LogP contribution in [0.1, 0.15) is 16.8 Å². The first-order valence-corrected chi connectivity index (χ1v) is 4.73. The highest BCUT2D eigenvalue weighted by atomic mass is 19.3. The quantitative estimate of drug-likeness (QED) is 0.873. The van der Waals surface area contributed by atoms with E-state index >= 15 is 0 Å². The van der Waals surface area contributed by atoms with Crippen LogP contribution in [0, 0.1) is 0 Å². The van der Waals surface area contributed by atoms with Crippen molar-refractivity contribution in [3.05, 3.63) is 41.7 Å². The number of carbonyl (C=O) groups excluding carboxylic acids is 1. The number of hydrogen-bond donors (Lipinski definition) is 2. The average molecular weight is 259 g/mol. The SMILES string of the molecule is O=C(CC(F)=C(F)F)Nc1ccccc1C(=O)O. The van der Waals surface area contributed by atoms with Crippen LogP contribution in [-0.2, 0) is 4.79 Å². The molecule has 0 atom stereocenters. The average Bonchev–Trinajstić information content (AvgIpc) is 2.28. The number of anilines is 1. The Morgan fingerprint density at radius 2 is 1.78 bits per heavy atom. The minimum Gasteiger partial charge on any atom is -0.478 e. The van der Waals surface area contributed by atoms with E-state index in [4.69, 9.17) is 5.11 Å². The van der Waals surface area contributed by atoms with Gasteiger partial charge < -0.3 is 10.4 Å². The molecule has 0 spiro atoms. The summed E-state index contributed by atoms with van der Waals surface area (Å²) in [6.45, 7) is 0.